The molecule has 2 aromatic heterocycles. The molecule has 0 fully saturated rings. The van der Waals surface area contributed by atoms with Crippen molar-refractivity contribution >= 4 is 23.2 Å². The van der Waals surface area contributed by atoms with Crippen molar-refractivity contribution in [3.8, 4) is 17.1 Å². The molecule has 4 aromatic rings. The van der Waals surface area contributed by atoms with E-state index in [0.29, 0.717) is 10.7 Å². The van der Waals surface area contributed by atoms with Crippen LogP contribution in [0.15, 0.2) is 72.1 Å². The molecule has 144 valence electrons. The Morgan fingerprint density at radius 1 is 0.897 bits per heavy atom. The predicted octanol–water partition coefficient (Wildman–Crippen LogP) is 3.38. The standard InChI is InChI=1S/C21H17N5O2S/c1-14-12-13-29-17(14)20(27)23-24-21(28)18-22-19(15-8-4-2-5-9-15)26(25-18)16-10-6-3-7-11-16/h2-13H,1H3,(H,23,27)(H,24,28). The van der Waals surface area contributed by atoms with E-state index in [1.807, 2.05) is 79.0 Å². The molecule has 0 spiro atoms. The molecule has 0 atom stereocenters. The van der Waals surface area contributed by atoms with Crippen LogP contribution in [0.3, 0.4) is 0 Å². The summed E-state index contributed by atoms with van der Waals surface area (Å²) in [7, 11) is 0. The Hall–Kier alpha value is -3.78. The Kier molecular flexibility index (Phi) is 5.17. The highest BCUT2D eigenvalue weighted by Gasteiger charge is 2.19. The van der Waals surface area contributed by atoms with Crippen molar-refractivity contribution in [2.45, 2.75) is 6.92 Å². The van der Waals surface area contributed by atoms with Gasteiger partial charge in [-0.05, 0) is 36.1 Å². The van der Waals surface area contributed by atoms with E-state index >= 15 is 0 Å². The molecule has 0 bridgehead atoms. The molecule has 4 rings (SSSR count). The number of nitrogens with one attached hydrogen (secondary N) is 2. The van der Waals surface area contributed by atoms with E-state index < -0.39 is 5.91 Å². The van der Waals surface area contributed by atoms with Gasteiger partial charge in [0.05, 0.1) is 10.6 Å². The number of rotatable bonds is 4. The highest BCUT2D eigenvalue weighted by atomic mass is 32.1. The fourth-order valence-corrected chi connectivity index (χ4v) is 3.58. The summed E-state index contributed by atoms with van der Waals surface area (Å²) < 4.78 is 1.61. The van der Waals surface area contributed by atoms with E-state index in [9.17, 15) is 9.59 Å². The Labute approximate surface area is 171 Å². The van der Waals surface area contributed by atoms with Crippen molar-refractivity contribution < 1.29 is 9.59 Å². The lowest BCUT2D eigenvalue weighted by Crippen LogP contribution is -2.42. The van der Waals surface area contributed by atoms with Gasteiger partial charge in [0.2, 0.25) is 5.82 Å². The first-order valence-corrected chi connectivity index (χ1v) is 9.74. The third-order valence-electron chi connectivity index (χ3n) is 4.20. The van der Waals surface area contributed by atoms with Crippen LogP contribution in [0.1, 0.15) is 25.9 Å². The van der Waals surface area contributed by atoms with Crippen LogP contribution in [-0.4, -0.2) is 26.6 Å². The fraction of sp³-hybridized carbons (Fsp3) is 0.0476. The normalized spacial score (nSPS) is 10.5. The molecule has 2 amide bonds. The van der Waals surface area contributed by atoms with Gasteiger partial charge in [-0.2, -0.15) is 0 Å². The second kappa shape index (κ2) is 8.07. The molecule has 2 heterocycles. The summed E-state index contributed by atoms with van der Waals surface area (Å²) in [5.74, 6) is -0.491. The van der Waals surface area contributed by atoms with Crippen LogP contribution in [0.2, 0.25) is 0 Å². The number of hydrogen-bond donors (Lipinski definition) is 2. The molecule has 0 radical (unpaired) electrons. The van der Waals surface area contributed by atoms with E-state index in [0.717, 1.165) is 16.8 Å². The number of hydrogen-bond acceptors (Lipinski definition) is 5. The zero-order chi connectivity index (χ0) is 20.2. The van der Waals surface area contributed by atoms with E-state index in [1.165, 1.54) is 11.3 Å². The van der Waals surface area contributed by atoms with Gasteiger partial charge in [-0.25, -0.2) is 9.67 Å². The minimum absolute atomic E-state index is 0.0455. The van der Waals surface area contributed by atoms with Crippen molar-refractivity contribution in [2.24, 2.45) is 0 Å². The third-order valence-corrected chi connectivity index (χ3v) is 5.22. The van der Waals surface area contributed by atoms with Crippen molar-refractivity contribution in [3.63, 3.8) is 0 Å². The molecule has 2 N–H and O–H groups in total. The molecule has 29 heavy (non-hydrogen) atoms. The quantitative estimate of drug-likeness (QED) is 0.511. The van der Waals surface area contributed by atoms with Crippen LogP contribution in [0.4, 0.5) is 0 Å². The lowest BCUT2D eigenvalue weighted by Gasteiger charge is -2.05. The number of hydrazine groups is 1. The average Bonchev–Trinajstić information content (AvgIpc) is 3.40. The van der Waals surface area contributed by atoms with Gasteiger partial charge in [0.15, 0.2) is 5.82 Å². The monoisotopic (exact) mass is 403 g/mol. The highest BCUT2D eigenvalue weighted by molar-refractivity contribution is 7.12. The number of nitrogens with zero attached hydrogens (tertiary/aromatic N) is 3. The first-order valence-electron chi connectivity index (χ1n) is 8.86. The molecular weight excluding hydrogens is 386 g/mol. The van der Waals surface area contributed by atoms with E-state index in [-0.39, 0.29) is 11.7 Å². The number of benzene rings is 2. The number of aryl methyl sites for hydroxylation is 1. The number of amides is 2. The molecule has 7 nitrogen and oxygen atoms in total. The van der Waals surface area contributed by atoms with Gasteiger partial charge in [-0.3, -0.25) is 20.4 Å². The van der Waals surface area contributed by atoms with Crippen LogP contribution in [0, 0.1) is 6.92 Å². The number of carbonyl (C=O) groups excluding carboxylic acids is 2. The van der Waals surface area contributed by atoms with Crippen molar-refractivity contribution in [1.82, 2.24) is 25.6 Å². The van der Waals surface area contributed by atoms with Gasteiger partial charge in [-0.1, -0.05) is 48.5 Å². The molecule has 0 saturated heterocycles. The topological polar surface area (TPSA) is 88.9 Å². The summed E-state index contributed by atoms with van der Waals surface area (Å²) in [5, 5.41) is 6.18. The maximum absolute atomic E-state index is 12.6. The maximum atomic E-state index is 12.6. The van der Waals surface area contributed by atoms with Crippen LogP contribution in [0.25, 0.3) is 17.1 Å². The van der Waals surface area contributed by atoms with Crippen LogP contribution < -0.4 is 10.9 Å². The largest absolute Gasteiger partial charge is 0.309 e. The zero-order valence-corrected chi connectivity index (χ0v) is 16.3. The molecule has 0 unspecified atom stereocenters. The zero-order valence-electron chi connectivity index (χ0n) is 15.5. The SMILES string of the molecule is Cc1ccsc1C(=O)NNC(=O)c1nc(-c2ccccc2)n(-c2ccccc2)n1. The molecule has 0 aliphatic carbocycles. The second-order valence-electron chi connectivity index (χ2n) is 6.21. The summed E-state index contributed by atoms with van der Waals surface area (Å²) in [5.41, 5.74) is 7.24. The van der Waals surface area contributed by atoms with E-state index in [2.05, 4.69) is 20.9 Å². The summed E-state index contributed by atoms with van der Waals surface area (Å²) in [4.78, 5) is 29.7. The maximum Gasteiger partial charge on any atom is 0.309 e. The van der Waals surface area contributed by atoms with Crippen LogP contribution >= 0.6 is 11.3 Å². The average molecular weight is 403 g/mol. The Morgan fingerprint density at radius 3 is 2.21 bits per heavy atom. The minimum Gasteiger partial charge on any atom is -0.266 e. The van der Waals surface area contributed by atoms with Crippen LogP contribution in [0.5, 0.6) is 0 Å². The Bertz CT molecular complexity index is 1100. The Balaban J connectivity index is 1.61. The lowest BCUT2D eigenvalue weighted by atomic mass is 10.2. The molecule has 0 aliphatic rings. The van der Waals surface area contributed by atoms with Gasteiger partial charge < -0.3 is 0 Å². The fourth-order valence-electron chi connectivity index (χ4n) is 2.76. The van der Waals surface area contributed by atoms with Gasteiger partial charge in [0, 0.05) is 5.56 Å². The number of para-hydroxylation sites is 1. The second-order valence-corrected chi connectivity index (χ2v) is 7.13. The van der Waals surface area contributed by atoms with Crippen LogP contribution in [-0.2, 0) is 0 Å². The van der Waals surface area contributed by atoms with Crippen molar-refractivity contribution in [3.05, 3.63) is 88.4 Å². The minimum atomic E-state index is -0.598. The molecule has 8 heteroatoms. The lowest BCUT2D eigenvalue weighted by molar-refractivity contribution is 0.0842. The van der Waals surface area contributed by atoms with E-state index in [1.54, 1.807) is 4.68 Å². The van der Waals surface area contributed by atoms with Crippen molar-refractivity contribution in [1.29, 1.82) is 0 Å². The number of aromatic nitrogens is 3. The smallest absolute Gasteiger partial charge is 0.266 e. The van der Waals surface area contributed by atoms with Gasteiger partial charge in [-0.15, -0.1) is 16.4 Å². The van der Waals surface area contributed by atoms with Gasteiger partial charge >= 0.3 is 5.91 Å². The molecule has 0 saturated carbocycles. The Morgan fingerprint density at radius 2 is 1.55 bits per heavy atom. The van der Waals surface area contributed by atoms with E-state index in [4.69, 9.17) is 0 Å². The molecular formula is C21H17N5O2S. The summed E-state index contributed by atoms with van der Waals surface area (Å²) in [6.07, 6.45) is 0. The summed E-state index contributed by atoms with van der Waals surface area (Å²) in [6, 6.07) is 20.8. The van der Waals surface area contributed by atoms with Gasteiger partial charge in [0.1, 0.15) is 0 Å². The molecule has 2 aromatic carbocycles. The summed E-state index contributed by atoms with van der Waals surface area (Å²) in [6.45, 7) is 1.84. The molecule has 0 aliphatic heterocycles. The third kappa shape index (κ3) is 3.92. The summed E-state index contributed by atoms with van der Waals surface area (Å²) >= 11 is 1.31. The highest BCUT2D eigenvalue weighted by Crippen LogP contribution is 2.21. The number of thiophene rings is 1. The van der Waals surface area contributed by atoms with Crippen molar-refractivity contribution in [2.75, 3.05) is 0 Å². The predicted molar refractivity (Wildman–Crippen MR) is 111 cm³/mol. The first-order chi connectivity index (χ1) is 14.1. The van der Waals surface area contributed by atoms with Gasteiger partial charge in [0.25, 0.3) is 5.91 Å². The first kappa shape index (κ1) is 18.6. The number of carbonyl (C=O) groups is 2.